The van der Waals surface area contributed by atoms with Crippen molar-refractivity contribution in [1.82, 2.24) is 0 Å². The van der Waals surface area contributed by atoms with E-state index in [1.54, 1.807) is 7.05 Å². The van der Waals surface area contributed by atoms with Gasteiger partial charge in [0.05, 0.1) is 0 Å². The van der Waals surface area contributed by atoms with Crippen molar-refractivity contribution >= 4 is 11.9 Å². The second kappa shape index (κ2) is 3.95. The summed E-state index contributed by atoms with van der Waals surface area (Å²) in [6, 6.07) is 0. The molecular formula is C2H6N2S. The molecule has 0 saturated carbocycles. The van der Waals surface area contributed by atoms with Gasteiger partial charge in [0.1, 0.15) is 0 Å². The van der Waals surface area contributed by atoms with Crippen LogP contribution >= 0.6 is 11.9 Å². The Bertz CT molecular complexity index is 34.6. The normalized spacial score (nSPS) is 10.0. The topological polar surface area (TPSA) is 24.7 Å². The standard InChI is InChI=1S/C2H6N2S/c1-3-4-5-2/h1-2H3/b4-3-. The lowest BCUT2D eigenvalue weighted by Crippen LogP contribution is -1.38. The first-order valence-electron chi connectivity index (χ1n) is 1.24. The predicted molar refractivity (Wildman–Crippen MR) is 24.3 cm³/mol. The van der Waals surface area contributed by atoms with Crippen LogP contribution in [0.3, 0.4) is 0 Å². The van der Waals surface area contributed by atoms with Gasteiger partial charge in [0.25, 0.3) is 0 Å². The summed E-state index contributed by atoms with van der Waals surface area (Å²) in [6.45, 7) is 0. The van der Waals surface area contributed by atoms with Crippen LogP contribution in [-0.2, 0) is 0 Å². The molecule has 0 aromatic rings. The maximum absolute atomic E-state index is 3.51. The van der Waals surface area contributed by atoms with E-state index >= 15 is 0 Å². The van der Waals surface area contributed by atoms with Crippen molar-refractivity contribution in [2.24, 2.45) is 9.63 Å². The molecule has 0 amide bonds. The number of rotatable bonds is 1. The van der Waals surface area contributed by atoms with Gasteiger partial charge in [-0.2, -0.15) is 5.11 Å². The Labute approximate surface area is 35.8 Å². The van der Waals surface area contributed by atoms with Crippen LogP contribution in [0.1, 0.15) is 0 Å². The minimum absolute atomic E-state index is 1.36. The van der Waals surface area contributed by atoms with Gasteiger partial charge >= 0.3 is 0 Å². The molecule has 0 aliphatic rings. The van der Waals surface area contributed by atoms with E-state index in [2.05, 4.69) is 9.63 Å². The number of nitrogens with zero attached hydrogens (tertiary/aromatic N) is 2. The number of hydrogen-bond acceptors (Lipinski definition) is 3. The Hall–Kier alpha value is -0.0500. The van der Waals surface area contributed by atoms with E-state index in [1.807, 2.05) is 6.26 Å². The van der Waals surface area contributed by atoms with Crippen LogP contribution in [0.15, 0.2) is 9.63 Å². The van der Waals surface area contributed by atoms with Crippen molar-refractivity contribution in [3.8, 4) is 0 Å². The van der Waals surface area contributed by atoms with Crippen molar-refractivity contribution in [3.05, 3.63) is 0 Å². The SMILES string of the molecule is C/N=N\SC. The van der Waals surface area contributed by atoms with Crippen LogP contribution in [0.5, 0.6) is 0 Å². The first-order chi connectivity index (χ1) is 2.41. The molecule has 0 radical (unpaired) electrons. The molecular weight excluding hydrogens is 84.1 g/mol. The van der Waals surface area contributed by atoms with Crippen LogP contribution in [0, 0.1) is 0 Å². The zero-order valence-corrected chi connectivity index (χ0v) is 4.12. The zero-order chi connectivity index (χ0) is 4.12. The summed E-state index contributed by atoms with van der Waals surface area (Å²) in [7, 11) is 1.65. The first kappa shape index (κ1) is 4.95. The van der Waals surface area contributed by atoms with E-state index in [-0.39, 0.29) is 0 Å². The fourth-order valence-corrected chi connectivity index (χ4v) is 0.245. The minimum Gasteiger partial charge on any atom is -0.185 e. The van der Waals surface area contributed by atoms with Gasteiger partial charge in [-0.1, -0.05) is 0 Å². The molecule has 2 nitrogen and oxygen atoms in total. The van der Waals surface area contributed by atoms with Gasteiger partial charge < -0.3 is 0 Å². The van der Waals surface area contributed by atoms with Crippen molar-refractivity contribution in [2.45, 2.75) is 0 Å². The van der Waals surface area contributed by atoms with Crippen LogP contribution < -0.4 is 0 Å². The van der Waals surface area contributed by atoms with E-state index in [0.717, 1.165) is 0 Å². The van der Waals surface area contributed by atoms with Gasteiger partial charge in [-0.05, 0) is 11.9 Å². The van der Waals surface area contributed by atoms with E-state index < -0.39 is 0 Å². The van der Waals surface area contributed by atoms with E-state index in [4.69, 9.17) is 0 Å². The van der Waals surface area contributed by atoms with Gasteiger partial charge in [0.15, 0.2) is 0 Å². The highest BCUT2D eigenvalue weighted by Gasteiger charge is 1.52. The smallest absolute Gasteiger partial charge is 0.0498 e. The summed E-state index contributed by atoms with van der Waals surface area (Å²) in [6.07, 6.45) is 1.87. The molecule has 0 fully saturated rings. The van der Waals surface area contributed by atoms with Crippen molar-refractivity contribution in [3.63, 3.8) is 0 Å². The molecule has 0 saturated heterocycles. The molecule has 5 heavy (non-hydrogen) atoms. The Morgan fingerprint density at radius 3 is 2.20 bits per heavy atom. The molecule has 0 aromatic heterocycles. The van der Waals surface area contributed by atoms with Crippen LogP contribution in [-0.4, -0.2) is 13.3 Å². The van der Waals surface area contributed by atoms with Gasteiger partial charge in [0.2, 0.25) is 0 Å². The van der Waals surface area contributed by atoms with Crippen LogP contribution in [0.2, 0.25) is 0 Å². The minimum atomic E-state index is 1.36. The molecule has 0 aliphatic carbocycles. The molecule has 0 bridgehead atoms. The molecule has 3 heteroatoms. The van der Waals surface area contributed by atoms with E-state index in [9.17, 15) is 0 Å². The Morgan fingerprint density at radius 2 is 2.20 bits per heavy atom. The third-order valence-electron chi connectivity index (χ3n) is 0.163. The summed E-state index contributed by atoms with van der Waals surface area (Å²) in [5.41, 5.74) is 0. The fourth-order valence-electron chi connectivity index (χ4n) is 0.0816. The molecule has 30 valence electrons. The van der Waals surface area contributed by atoms with Crippen LogP contribution in [0.25, 0.3) is 0 Å². The lowest BCUT2D eigenvalue weighted by atomic mass is 11.6. The molecule has 0 N–H and O–H groups in total. The lowest BCUT2D eigenvalue weighted by Gasteiger charge is -1.65. The van der Waals surface area contributed by atoms with Crippen molar-refractivity contribution in [1.29, 1.82) is 0 Å². The molecule has 0 unspecified atom stereocenters. The van der Waals surface area contributed by atoms with Gasteiger partial charge in [-0.3, -0.25) is 0 Å². The third kappa shape index (κ3) is 3.95. The summed E-state index contributed by atoms with van der Waals surface area (Å²) >= 11 is 1.36. The highest BCUT2D eigenvalue weighted by atomic mass is 32.2. The number of hydrogen-bond donors (Lipinski definition) is 0. The molecule has 0 rings (SSSR count). The average Bonchev–Trinajstić information content (AvgIpc) is 1.41. The van der Waals surface area contributed by atoms with Crippen molar-refractivity contribution in [2.75, 3.05) is 13.3 Å². The molecule has 0 atom stereocenters. The molecule has 0 spiro atoms. The van der Waals surface area contributed by atoms with E-state index in [1.165, 1.54) is 11.9 Å². The van der Waals surface area contributed by atoms with Gasteiger partial charge in [0, 0.05) is 13.3 Å². The molecule has 0 aromatic carbocycles. The zero-order valence-electron chi connectivity index (χ0n) is 3.30. The highest BCUT2D eigenvalue weighted by Crippen LogP contribution is 1.89. The van der Waals surface area contributed by atoms with Crippen molar-refractivity contribution < 1.29 is 0 Å². The Balaban J connectivity index is 2.62. The van der Waals surface area contributed by atoms with Gasteiger partial charge in [-0.25, -0.2) is 0 Å². The van der Waals surface area contributed by atoms with Gasteiger partial charge in [-0.15, -0.1) is 4.52 Å². The average molecular weight is 90.2 g/mol. The quantitative estimate of drug-likeness (QED) is 0.352. The summed E-state index contributed by atoms with van der Waals surface area (Å²) < 4.78 is 3.51. The molecule has 0 heterocycles. The largest absolute Gasteiger partial charge is 0.185 e. The third-order valence-corrected chi connectivity index (χ3v) is 0.490. The van der Waals surface area contributed by atoms with Crippen LogP contribution in [0.4, 0.5) is 0 Å². The highest BCUT2D eigenvalue weighted by molar-refractivity contribution is 7.97. The maximum atomic E-state index is 3.51. The summed E-state index contributed by atoms with van der Waals surface area (Å²) in [4.78, 5) is 0. The summed E-state index contributed by atoms with van der Waals surface area (Å²) in [5.74, 6) is 0. The lowest BCUT2D eigenvalue weighted by molar-refractivity contribution is 1.26. The monoisotopic (exact) mass is 90.0 g/mol. The summed E-state index contributed by atoms with van der Waals surface area (Å²) in [5, 5.41) is 3.44. The second-order valence-electron chi connectivity index (χ2n) is 0.464. The van der Waals surface area contributed by atoms with E-state index in [0.29, 0.717) is 0 Å². The maximum Gasteiger partial charge on any atom is 0.0498 e. The predicted octanol–water partition coefficient (Wildman–Crippen LogP) is 1.35. The molecule has 0 aliphatic heterocycles. The fraction of sp³-hybridized carbons (Fsp3) is 1.00. The second-order valence-corrected chi connectivity index (χ2v) is 0.993. The Kier molecular flexibility index (Phi) is 3.91. The first-order valence-corrected chi connectivity index (χ1v) is 2.42. The Morgan fingerprint density at radius 1 is 1.60 bits per heavy atom.